The maximum atomic E-state index is 10.6. The van der Waals surface area contributed by atoms with Gasteiger partial charge in [-0.1, -0.05) is 12.7 Å². The van der Waals surface area contributed by atoms with Crippen LogP contribution < -0.4 is 0 Å². The third kappa shape index (κ3) is 7.45. The molecule has 0 aromatic heterocycles. The summed E-state index contributed by atoms with van der Waals surface area (Å²) in [7, 11) is 1.26. The van der Waals surface area contributed by atoms with Crippen LogP contribution in [-0.2, 0) is 19.1 Å². The monoisotopic (exact) mass is 214 g/mol. The van der Waals surface area contributed by atoms with Crippen LogP contribution in [0.15, 0.2) is 24.8 Å². The molecule has 0 saturated carbocycles. The highest BCUT2D eigenvalue weighted by Crippen LogP contribution is 1.95. The Morgan fingerprint density at radius 2 is 2.13 bits per heavy atom. The Morgan fingerprint density at radius 3 is 2.67 bits per heavy atom. The van der Waals surface area contributed by atoms with Gasteiger partial charge in [0.05, 0.1) is 13.2 Å². The number of carbonyl (C=O) groups is 2. The van der Waals surface area contributed by atoms with Gasteiger partial charge in [-0.15, -0.1) is 0 Å². The fourth-order valence-corrected chi connectivity index (χ4v) is 0.695. The lowest BCUT2D eigenvalue weighted by molar-refractivity contribution is -0.140. The Balaban J connectivity index is 3.70. The Kier molecular flexibility index (Phi) is 6.92. The van der Waals surface area contributed by atoms with Crippen molar-refractivity contribution in [2.24, 2.45) is 0 Å². The van der Waals surface area contributed by atoms with Gasteiger partial charge in [-0.2, -0.15) is 0 Å². The van der Waals surface area contributed by atoms with Crippen molar-refractivity contribution >= 4 is 11.9 Å². The first-order valence-corrected chi connectivity index (χ1v) is 4.32. The molecule has 5 nitrogen and oxygen atoms in total. The summed E-state index contributed by atoms with van der Waals surface area (Å²) in [5, 5.41) is 9.26. The standard InChI is InChI=1S/C10H14O5/c1-3-9(12)15-7-8(11)5-4-6-10(13)14-2/h3-4,6,8,11H,1,5,7H2,2H3. The van der Waals surface area contributed by atoms with Gasteiger partial charge in [-0.25, -0.2) is 9.59 Å². The van der Waals surface area contributed by atoms with Crippen LogP contribution in [-0.4, -0.2) is 36.9 Å². The summed E-state index contributed by atoms with van der Waals surface area (Å²) in [6.07, 6.45) is 3.02. The van der Waals surface area contributed by atoms with Gasteiger partial charge in [0.25, 0.3) is 0 Å². The van der Waals surface area contributed by atoms with E-state index in [4.69, 9.17) is 0 Å². The molecule has 0 fully saturated rings. The number of methoxy groups -OCH3 is 1. The van der Waals surface area contributed by atoms with Crippen LogP contribution in [0.3, 0.4) is 0 Å². The molecule has 1 atom stereocenters. The molecule has 0 aromatic rings. The van der Waals surface area contributed by atoms with Crippen molar-refractivity contribution < 1.29 is 24.2 Å². The molecular weight excluding hydrogens is 200 g/mol. The van der Waals surface area contributed by atoms with E-state index in [1.165, 1.54) is 19.3 Å². The molecule has 0 rings (SSSR count). The molecule has 0 spiro atoms. The van der Waals surface area contributed by atoms with Crippen molar-refractivity contribution in [1.82, 2.24) is 0 Å². The maximum absolute atomic E-state index is 10.6. The summed E-state index contributed by atoms with van der Waals surface area (Å²) in [6, 6.07) is 0. The minimum atomic E-state index is -0.838. The first-order chi connectivity index (χ1) is 7.10. The van der Waals surface area contributed by atoms with Crippen LogP contribution in [0.5, 0.6) is 0 Å². The normalized spacial score (nSPS) is 12.1. The Labute approximate surface area is 88.0 Å². The molecule has 0 bridgehead atoms. The molecule has 1 N–H and O–H groups in total. The SMILES string of the molecule is C=CC(=O)OCC(O)CC=CC(=O)OC. The van der Waals surface area contributed by atoms with Crippen LogP contribution >= 0.6 is 0 Å². The van der Waals surface area contributed by atoms with Gasteiger partial charge in [-0.3, -0.25) is 0 Å². The summed E-state index contributed by atoms with van der Waals surface area (Å²) < 4.78 is 8.92. The average Bonchev–Trinajstić information content (AvgIpc) is 2.25. The van der Waals surface area contributed by atoms with Crippen LogP contribution in [0.25, 0.3) is 0 Å². The lowest BCUT2D eigenvalue weighted by atomic mass is 10.2. The number of ether oxygens (including phenoxy) is 2. The van der Waals surface area contributed by atoms with Crippen LogP contribution in [0, 0.1) is 0 Å². The van der Waals surface area contributed by atoms with Crippen molar-refractivity contribution in [3.05, 3.63) is 24.8 Å². The second-order valence-electron chi connectivity index (χ2n) is 2.65. The summed E-state index contributed by atoms with van der Waals surface area (Å²) in [4.78, 5) is 21.2. The van der Waals surface area contributed by atoms with Crippen molar-refractivity contribution in [2.75, 3.05) is 13.7 Å². The van der Waals surface area contributed by atoms with E-state index < -0.39 is 18.0 Å². The lowest BCUT2D eigenvalue weighted by Crippen LogP contribution is -2.16. The number of esters is 2. The maximum Gasteiger partial charge on any atom is 0.330 e. The van der Waals surface area contributed by atoms with Gasteiger partial charge in [0.2, 0.25) is 0 Å². The quantitative estimate of drug-likeness (QED) is 0.505. The minimum Gasteiger partial charge on any atom is -0.466 e. The van der Waals surface area contributed by atoms with Crippen LogP contribution in [0.4, 0.5) is 0 Å². The van der Waals surface area contributed by atoms with Gasteiger partial charge >= 0.3 is 11.9 Å². The van der Waals surface area contributed by atoms with E-state index >= 15 is 0 Å². The van der Waals surface area contributed by atoms with Gasteiger partial charge in [0.1, 0.15) is 6.61 Å². The molecule has 84 valence electrons. The first kappa shape index (κ1) is 13.4. The summed E-state index contributed by atoms with van der Waals surface area (Å²) in [5.74, 6) is -1.09. The molecule has 0 radical (unpaired) electrons. The van der Waals surface area contributed by atoms with E-state index in [0.717, 1.165) is 6.08 Å². The topological polar surface area (TPSA) is 72.8 Å². The van der Waals surface area contributed by atoms with Crippen molar-refractivity contribution in [2.45, 2.75) is 12.5 Å². The number of carbonyl (C=O) groups excluding carboxylic acids is 2. The third-order valence-corrected chi connectivity index (χ3v) is 1.45. The largest absolute Gasteiger partial charge is 0.466 e. The number of aliphatic hydroxyl groups is 1. The minimum absolute atomic E-state index is 0.129. The van der Waals surface area contributed by atoms with Gasteiger partial charge in [0.15, 0.2) is 0 Å². The second-order valence-corrected chi connectivity index (χ2v) is 2.65. The Morgan fingerprint density at radius 1 is 1.47 bits per heavy atom. The molecule has 0 heterocycles. The molecule has 0 aliphatic rings. The van der Waals surface area contributed by atoms with Gasteiger partial charge in [0, 0.05) is 12.2 Å². The molecule has 0 aromatic carbocycles. The second kappa shape index (κ2) is 7.75. The van der Waals surface area contributed by atoms with Crippen molar-refractivity contribution in [3.63, 3.8) is 0 Å². The molecule has 0 aliphatic heterocycles. The fraction of sp³-hybridized carbons (Fsp3) is 0.400. The zero-order chi connectivity index (χ0) is 11.7. The molecule has 1 unspecified atom stereocenters. The molecule has 0 saturated heterocycles. The van der Waals surface area contributed by atoms with Gasteiger partial charge < -0.3 is 14.6 Å². The molecule has 0 amide bonds. The van der Waals surface area contributed by atoms with E-state index in [1.54, 1.807) is 0 Å². The molecule has 5 heteroatoms. The predicted molar refractivity (Wildman–Crippen MR) is 52.9 cm³/mol. The predicted octanol–water partition coefficient (Wildman–Crippen LogP) is 0.196. The lowest BCUT2D eigenvalue weighted by Gasteiger charge is -2.07. The average molecular weight is 214 g/mol. The zero-order valence-corrected chi connectivity index (χ0v) is 8.51. The van der Waals surface area contributed by atoms with E-state index in [-0.39, 0.29) is 13.0 Å². The highest BCUT2D eigenvalue weighted by Gasteiger charge is 2.04. The first-order valence-electron chi connectivity index (χ1n) is 4.32. The third-order valence-electron chi connectivity index (χ3n) is 1.45. The Bertz CT molecular complexity index is 257. The van der Waals surface area contributed by atoms with Crippen LogP contribution in [0.2, 0.25) is 0 Å². The van der Waals surface area contributed by atoms with Crippen molar-refractivity contribution in [3.8, 4) is 0 Å². The van der Waals surface area contributed by atoms with E-state index in [9.17, 15) is 14.7 Å². The number of hydrogen-bond donors (Lipinski definition) is 1. The van der Waals surface area contributed by atoms with E-state index in [1.807, 2.05) is 0 Å². The summed E-state index contributed by atoms with van der Waals surface area (Å²) >= 11 is 0. The fourth-order valence-electron chi connectivity index (χ4n) is 0.695. The smallest absolute Gasteiger partial charge is 0.330 e. The number of rotatable bonds is 6. The zero-order valence-electron chi connectivity index (χ0n) is 8.51. The van der Waals surface area contributed by atoms with Crippen molar-refractivity contribution in [1.29, 1.82) is 0 Å². The Hall–Kier alpha value is -1.62. The number of aliphatic hydroxyl groups excluding tert-OH is 1. The molecular formula is C10H14O5. The summed E-state index contributed by atoms with van der Waals surface area (Å²) in [6.45, 7) is 3.08. The highest BCUT2D eigenvalue weighted by atomic mass is 16.5. The van der Waals surface area contributed by atoms with E-state index in [0.29, 0.717) is 0 Å². The summed E-state index contributed by atoms with van der Waals surface area (Å²) in [5.41, 5.74) is 0. The van der Waals surface area contributed by atoms with Gasteiger partial charge in [-0.05, 0) is 6.42 Å². The van der Waals surface area contributed by atoms with E-state index in [2.05, 4.69) is 16.1 Å². The van der Waals surface area contributed by atoms with Crippen LogP contribution in [0.1, 0.15) is 6.42 Å². The molecule has 15 heavy (non-hydrogen) atoms. The number of hydrogen-bond acceptors (Lipinski definition) is 5. The highest BCUT2D eigenvalue weighted by molar-refractivity contribution is 5.81. The molecule has 0 aliphatic carbocycles.